The lowest BCUT2D eigenvalue weighted by Gasteiger charge is -2.04. The van der Waals surface area contributed by atoms with Gasteiger partial charge < -0.3 is 10.2 Å². The lowest BCUT2D eigenvalue weighted by Crippen LogP contribution is -1.98. The maximum atomic E-state index is 12.1. The number of benzene rings is 1. The number of nitrogens with zero attached hydrogens (tertiary/aromatic N) is 1. The van der Waals surface area contributed by atoms with E-state index in [0.717, 1.165) is 0 Å². The number of nitrogens with two attached hydrogens (primary N) is 1. The van der Waals surface area contributed by atoms with E-state index in [2.05, 4.69) is 4.98 Å². The second kappa shape index (κ2) is 3.99. The van der Waals surface area contributed by atoms with Gasteiger partial charge in [0.2, 0.25) is 5.89 Å². The van der Waals surface area contributed by atoms with Crippen LogP contribution in [0.15, 0.2) is 27.5 Å². The van der Waals surface area contributed by atoms with Crippen LogP contribution in [0.2, 0.25) is 0 Å². The maximum absolute atomic E-state index is 12.1. The molecule has 3 nitrogen and oxygen atoms in total. The van der Waals surface area contributed by atoms with Gasteiger partial charge in [-0.25, -0.2) is 4.98 Å². The van der Waals surface area contributed by atoms with Crippen molar-refractivity contribution in [2.45, 2.75) is 16.9 Å². The summed E-state index contributed by atoms with van der Waals surface area (Å²) >= 11 is -0.180. The Morgan fingerprint density at radius 3 is 2.75 bits per heavy atom. The topological polar surface area (TPSA) is 52.0 Å². The zero-order valence-corrected chi connectivity index (χ0v) is 8.73. The Bertz CT molecular complexity index is 509. The van der Waals surface area contributed by atoms with Gasteiger partial charge in [-0.15, -0.1) is 0 Å². The summed E-state index contributed by atoms with van der Waals surface area (Å²) in [5, 5.41) is 0. The van der Waals surface area contributed by atoms with Crippen LogP contribution in [0.3, 0.4) is 0 Å². The molecule has 2 aromatic rings. The predicted molar refractivity (Wildman–Crippen MR) is 53.8 cm³/mol. The van der Waals surface area contributed by atoms with Crippen LogP contribution in [0, 0.1) is 0 Å². The van der Waals surface area contributed by atoms with E-state index < -0.39 is 5.51 Å². The highest BCUT2D eigenvalue weighted by Gasteiger charge is 2.29. The molecule has 0 aliphatic rings. The second-order valence-corrected chi connectivity index (χ2v) is 4.13. The molecule has 0 spiro atoms. The molecular formula is C9H7F3N2OS. The monoisotopic (exact) mass is 248 g/mol. The average Bonchev–Trinajstić information content (AvgIpc) is 2.57. The van der Waals surface area contributed by atoms with E-state index in [1.165, 1.54) is 18.2 Å². The summed E-state index contributed by atoms with van der Waals surface area (Å²) in [6, 6.07) is 4.12. The van der Waals surface area contributed by atoms with Crippen molar-refractivity contribution < 1.29 is 17.6 Å². The van der Waals surface area contributed by atoms with E-state index in [0.29, 0.717) is 17.0 Å². The van der Waals surface area contributed by atoms with Crippen molar-refractivity contribution >= 4 is 22.9 Å². The third-order valence-electron chi connectivity index (χ3n) is 1.81. The highest BCUT2D eigenvalue weighted by Crippen LogP contribution is 2.37. The highest BCUT2D eigenvalue weighted by molar-refractivity contribution is 8.00. The van der Waals surface area contributed by atoms with E-state index in [1.807, 2.05) is 0 Å². The number of hydrogen-bond acceptors (Lipinski definition) is 4. The van der Waals surface area contributed by atoms with Crippen LogP contribution in [-0.2, 0) is 6.54 Å². The highest BCUT2D eigenvalue weighted by atomic mass is 32.2. The van der Waals surface area contributed by atoms with Gasteiger partial charge >= 0.3 is 5.51 Å². The number of rotatable bonds is 2. The molecule has 2 N–H and O–H groups in total. The first kappa shape index (κ1) is 11.3. The summed E-state index contributed by atoms with van der Waals surface area (Å²) in [5.41, 5.74) is 1.84. The van der Waals surface area contributed by atoms with Crippen molar-refractivity contribution in [3.8, 4) is 0 Å². The molecule has 0 fully saturated rings. The smallest absolute Gasteiger partial charge is 0.439 e. The van der Waals surface area contributed by atoms with Crippen LogP contribution in [0.4, 0.5) is 13.2 Å². The third-order valence-corrected chi connectivity index (χ3v) is 2.53. The lowest BCUT2D eigenvalue weighted by molar-refractivity contribution is -0.0328. The minimum atomic E-state index is -4.30. The van der Waals surface area contributed by atoms with E-state index in [1.54, 1.807) is 0 Å². The summed E-state index contributed by atoms with van der Waals surface area (Å²) in [6.07, 6.45) is 0. The van der Waals surface area contributed by atoms with Crippen molar-refractivity contribution in [2.24, 2.45) is 5.73 Å². The van der Waals surface area contributed by atoms with Gasteiger partial charge in [-0.3, -0.25) is 0 Å². The van der Waals surface area contributed by atoms with Gasteiger partial charge in [0.25, 0.3) is 0 Å². The number of fused-ring (bicyclic) bond motifs is 1. The number of alkyl halides is 3. The standard InChI is InChI=1S/C9H7F3N2OS/c10-9(11,12)16-5-1-2-7-6(3-5)14-8(4-13)15-7/h1-3H,4,13H2. The van der Waals surface area contributed by atoms with Crippen LogP contribution in [0.25, 0.3) is 11.1 Å². The minimum Gasteiger partial charge on any atom is -0.439 e. The first-order chi connectivity index (χ1) is 7.48. The van der Waals surface area contributed by atoms with Crippen molar-refractivity contribution in [2.75, 3.05) is 0 Å². The van der Waals surface area contributed by atoms with Gasteiger partial charge in [-0.2, -0.15) is 13.2 Å². The largest absolute Gasteiger partial charge is 0.446 e. The zero-order chi connectivity index (χ0) is 11.8. The van der Waals surface area contributed by atoms with Crippen molar-refractivity contribution in [1.82, 2.24) is 4.98 Å². The molecule has 0 radical (unpaired) electrons. The molecule has 7 heteroatoms. The molecule has 0 atom stereocenters. The summed E-state index contributed by atoms with van der Waals surface area (Å²) in [6.45, 7) is 0.121. The number of oxazole rings is 1. The maximum Gasteiger partial charge on any atom is 0.446 e. The summed E-state index contributed by atoms with van der Waals surface area (Å²) in [5.74, 6) is 0.309. The number of hydrogen-bond donors (Lipinski definition) is 1. The summed E-state index contributed by atoms with van der Waals surface area (Å²) < 4.78 is 41.5. The molecule has 0 aliphatic carbocycles. The van der Waals surface area contributed by atoms with Crippen molar-refractivity contribution in [3.05, 3.63) is 24.1 Å². The van der Waals surface area contributed by atoms with Gasteiger partial charge in [-0.05, 0) is 30.0 Å². The van der Waals surface area contributed by atoms with Crippen LogP contribution in [0.1, 0.15) is 5.89 Å². The fourth-order valence-corrected chi connectivity index (χ4v) is 1.81. The number of halogens is 3. The molecule has 1 aromatic heterocycles. The third kappa shape index (κ3) is 2.48. The molecule has 1 heterocycles. The SMILES string of the molecule is NCc1nc2cc(SC(F)(F)F)ccc2o1. The summed E-state index contributed by atoms with van der Waals surface area (Å²) in [7, 11) is 0. The Morgan fingerprint density at radius 2 is 2.12 bits per heavy atom. The van der Waals surface area contributed by atoms with Gasteiger partial charge in [0.1, 0.15) is 5.52 Å². The Morgan fingerprint density at radius 1 is 1.38 bits per heavy atom. The Kier molecular flexibility index (Phi) is 2.81. The molecule has 0 saturated carbocycles. The average molecular weight is 248 g/mol. The van der Waals surface area contributed by atoms with E-state index in [4.69, 9.17) is 10.2 Å². The van der Waals surface area contributed by atoms with Crippen LogP contribution in [0.5, 0.6) is 0 Å². The Hall–Kier alpha value is -1.21. The van der Waals surface area contributed by atoms with Gasteiger partial charge in [0.05, 0.1) is 6.54 Å². The molecule has 0 saturated heterocycles. The van der Waals surface area contributed by atoms with E-state index in [-0.39, 0.29) is 23.2 Å². The van der Waals surface area contributed by atoms with Gasteiger partial charge in [-0.1, -0.05) is 0 Å². The predicted octanol–water partition coefficient (Wildman–Crippen LogP) is 2.90. The van der Waals surface area contributed by atoms with Crippen molar-refractivity contribution in [1.29, 1.82) is 0 Å². The van der Waals surface area contributed by atoms with Gasteiger partial charge in [0.15, 0.2) is 5.58 Å². The van der Waals surface area contributed by atoms with Crippen molar-refractivity contribution in [3.63, 3.8) is 0 Å². The second-order valence-electron chi connectivity index (χ2n) is 2.99. The Balaban J connectivity index is 2.36. The molecule has 16 heavy (non-hydrogen) atoms. The fraction of sp³-hybridized carbons (Fsp3) is 0.222. The van der Waals surface area contributed by atoms with Crippen LogP contribution in [-0.4, -0.2) is 10.5 Å². The van der Waals surface area contributed by atoms with E-state index >= 15 is 0 Å². The number of thioether (sulfide) groups is 1. The quantitative estimate of drug-likeness (QED) is 0.830. The summed E-state index contributed by atoms with van der Waals surface area (Å²) in [4.78, 5) is 4.03. The normalized spacial score (nSPS) is 12.2. The molecule has 1 aromatic carbocycles. The first-order valence-electron chi connectivity index (χ1n) is 4.33. The lowest BCUT2D eigenvalue weighted by atomic mass is 10.3. The molecule has 2 rings (SSSR count). The molecule has 0 amide bonds. The van der Waals surface area contributed by atoms with Gasteiger partial charge in [0, 0.05) is 4.90 Å². The zero-order valence-electron chi connectivity index (χ0n) is 7.91. The van der Waals surface area contributed by atoms with E-state index in [9.17, 15) is 13.2 Å². The molecular weight excluding hydrogens is 241 g/mol. The van der Waals surface area contributed by atoms with Crippen LogP contribution < -0.4 is 5.73 Å². The van der Waals surface area contributed by atoms with Crippen LogP contribution >= 0.6 is 11.8 Å². The molecule has 0 bridgehead atoms. The number of aromatic nitrogens is 1. The Labute approximate surface area is 92.8 Å². The minimum absolute atomic E-state index is 0.0804. The fourth-order valence-electron chi connectivity index (χ4n) is 1.24. The first-order valence-corrected chi connectivity index (χ1v) is 5.15. The molecule has 0 unspecified atom stereocenters. The molecule has 0 aliphatic heterocycles. The molecule has 86 valence electrons.